The maximum absolute atomic E-state index is 13.0. The Bertz CT molecular complexity index is 1350. The van der Waals surface area contributed by atoms with Crippen LogP contribution in [0.25, 0.3) is 6.08 Å². The summed E-state index contributed by atoms with van der Waals surface area (Å²) in [5, 5.41) is 9.17. The van der Waals surface area contributed by atoms with E-state index in [4.69, 9.17) is 14.7 Å². The number of fused-ring (bicyclic) bond motifs is 1. The van der Waals surface area contributed by atoms with Gasteiger partial charge in [0, 0.05) is 25.9 Å². The van der Waals surface area contributed by atoms with Crippen LogP contribution in [0.15, 0.2) is 48.5 Å². The molecule has 2 aliphatic rings. The Labute approximate surface area is 225 Å². The van der Waals surface area contributed by atoms with Gasteiger partial charge in [0.05, 0.1) is 29.1 Å². The molecular weight excluding hydrogens is 502 g/mol. The quantitative estimate of drug-likeness (QED) is 0.506. The van der Waals surface area contributed by atoms with Gasteiger partial charge in [-0.05, 0) is 75.6 Å². The molecule has 9 heteroatoms. The van der Waals surface area contributed by atoms with Crippen LogP contribution in [0.4, 0.5) is 10.5 Å². The fourth-order valence-electron chi connectivity index (χ4n) is 4.75. The molecule has 38 heavy (non-hydrogen) atoms. The lowest BCUT2D eigenvalue weighted by Gasteiger charge is -2.33. The highest BCUT2D eigenvalue weighted by atomic mass is 32.2. The van der Waals surface area contributed by atoms with Gasteiger partial charge in [-0.25, -0.2) is 13.2 Å². The first kappa shape index (κ1) is 27.5. The van der Waals surface area contributed by atoms with Crippen LogP contribution in [0.3, 0.4) is 0 Å². The summed E-state index contributed by atoms with van der Waals surface area (Å²) in [6.45, 7) is 8.33. The van der Waals surface area contributed by atoms with Crippen molar-refractivity contribution < 1.29 is 22.7 Å². The number of sulfonamides is 1. The normalized spacial score (nSPS) is 18.3. The van der Waals surface area contributed by atoms with Crippen molar-refractivity contribution in [3.05, 3.63) is 65.2 Å². The topological polar surface area (TPSA) is 99.9 Å². The lowest BCUT2D eigenvalue weighted by molar-refractivity contribution is 0.0126. The van der Waals surface area contributed by atoms with E-state index in [0.717, 1.165) is 11.1 Å². The molecule has 1 saturated heterocycles. The number of ether oxygens (including phenoxy) is 2. The van der Waals surface area contributed by atoms with Gasteiger partial charge >= 0.3 is 6.09 Å². The second-order valence-electron chi connectivity index (χ2n) is 10.6. The monoisotopic (exact) mass is 537 g/mol. The van der Waals surface area contributed by atoms with Crippen LogP contribution in [-0.2, 0) is 21.2 Å². The first-order valence-corrected chi connectivity index (χ1v) is 14.6. The summed E-state index contributed by atoms with van der Waals surface area (Å²) in [7, 11) is -3.51. The van der Waals surface area contributed by atoms with Crippen molar-refractivity contribution in [3.63, 3.8) is 0 Å². The Kier molecular flexibility index (Phi) is 8.02. The van der Waals surface area contributed by atoms with E-state index in [0.29, 0.717) is 49.4 Å². The van der Waals surface area contributed by atoms with Gasteiger partial charge in [0.2, 0.25) is 10.0 Å². The summed E-state index contributed by atoms with van der Waals surface area (Å²) in [6.07, 6.45) is 5.33. The SMILES string of the molecule is CCS(=O)(=O)N1c2ccc(OC3CCN(C(=O)OC(C)(C)C)CC3)cc2CC1/C=C/c1cccc(C#N)c1. The lowest BCUT2D eigenvalue weighted by Crippen LogP contribution is -2.44. The van der Waals surface area contributed by atoms with Gasteiger partial charge in [-0.2, -0.15) is 5.26 Å². The minimum atomic E-state index is -3.51. The van der Waals surface area contributed by atoms with Crippen molar-refractivity contribution >= 4 is 27.9 Å². The van der Waals surface area contributed by atoms with E-state index in [1.807, 2.05) is 63.3 Å². The van der Waals surface area contributed by atoms with Gasteiger partial charge in [-0.1, -0.05) is 24.3 Å². The predicted molar refractivity (Wildman–Crippen MR) is 148 cm³/mol. The molecule has 0 radical (unpaired) electrons. The first-order chi connectivity index (χ1) is 18.0. The summed E-state index contributed by atoms with van der Waals surface area (Å²) < 4.78 is 39.3. The molecule has 0 aromatic heterocycles. The molecular formula is C29H35N3O5S. The summed E-state index contributed by atoms with van der Waals surface area (Å²) in [5.41, 5.74) is 2.45. The highest BCUT2D eigenvalue weighted by Crippen LogP contribution is 2.38. The zero-order chi connectivity index (χ0) is 27.5. The van der Waals surface area contributed by atoms with Gasteiger partial charge in [0.1, 0.15) is 17.5 Å². The van der Waals surface area contributed by atoms with E-state index < -0.39 is 15.6 Å². The van der Waals surface area contributed by atoms with Gasteiger partial charge in [0.15, 0.2) is 0 Å². The molecule has 0 saturated carbocycles. The molecule has 2 heterocycles. The molecule has 1 fully saturated rings. The largest absolute Gasteiger partial charge is 0.490 e. The molecule has 0 N–H and O–H groups in total. The third-order valence-corrected chi connectivity index (χ3v) is 8.40. The molecule has 2 aromatic rings. The highest BCUT2D eigenvalue weighted by molar-refractivity contribution is 7.92. The number of benzene rings is 2. The predicted octanol–water partition coefficient (Wildman–Crippen LogP) is 5.13. The minimum Gasteiger partial charge on any atom is -0.490 e. The van der Waals surface area contributed by atoms with Crippen LogP contribution in [-0.4, -0.2) is 56.0 Å². The standard InChI is InChI=1S/C29H35N3O5S/c1-5-38(34,35)32-24(10-9-21-7-6-8-22(17-21)20-30)18-23-19-26(11-12-27(23)32)36-25-13-15-31(16-14-25)28(33)37-29(2,3)4/h6-12,17,19,24-25H,5,13-16,18H2,1-4H3/b10-9+. The number of likely N-dealkylation sites (tertiary alicyclic amines) is 1. The van der Waals surface area contributed by atoms with Crippen LogP contribution in [0.1, 0.15) is 57.2 Å². The number of nitriles is 1. The van der Waals surface area contributed by atoms with Crippen LogP contribution in [0, 0.1) is 11.3 Å². The van der Waals surface area contributed by atoms with Crippen LogP contribution in [0.5, 0.6) is 5.75 Å². The first-order valence-electron chi connectivity index (χ1n) is 13.0. The Morgan fingerprint density at radius 2 is 1.89 bits per heavy atom. The van der Waals surface area contributed by atoms with Crippen LogP contribution < -0.4 is 9.04 Å². The zero-order valence-electron chi connectivity index (χ0n) is 22.4. The minimum absolute atomic E-state index is 0.00479. The number of hydrogen-bond donors (Lipinski definition) is 0. The summed E-state index contributed by atoms with van der Waals surface area (Å²) in [4.78, 5) is 14.1. The number of hydrogen-bond acceptors (Lipinski definition) is 6. The van der Waals surface area contributed by atoms with E-state index in [1.165, 1.54) is 4.31 Å². The van der Waals surface area contributed by atoms with Crippen molar-refractivity contribution in [2.24, 2.45) is 0 Å². The van der Waals surface area contributed by atoms with Gasteiger partial charge in [-0.15, -0.1) is 0 Å². The fraction of sp³-hybridized carbons (Fsp3) is 0.448. The maximum Gasteiger partial charge on any atom is 0.410 e. The molecule has 0 aliphatic carbocycles. The average molecular weight is 538 g/mol. The Hall–Kier alpha value is -3.51. The van der Waals surface area contributed by atoms with Crippen molar-refractivity contribution in [1.82, 2.24) is 4.90 Å². The maximum atomic E-state index is 13.0. The molecule has 8 nitrogen and oxygen atoms in total. The van der Waals surface area contributed by atoms with E-state index in [9.17, 15) is 13.2 Å². The highest BCUT2D eigenvalue weighted by Gasteiger charge is 2.36. The van der Waals surface area contributed by atoms with E-state index in [1.54, 1.807) is 24.0 Å². The smallest absolute Gasteiger partial charge is 0.410 e. The molecule has 202 valence electrons. The molecule has 2 aromatic carbocycles. The molecule has 4 rings (SSSR count). The molecule has 0 spiro atoms. The number of piperidine rings is 1. The molecule has 1 atom stereocenters. The van der Waals surface area contributed by atoms with Crippen LogP contribution >= 0.6 is 0 Å². The van der Waals surface area contributed by atoms with Gasteiger partial charge < -0.3 is 14.4 Å². The van der Waals surface area contributed by atoms with Crippen LogP contribution in [0.2, 0.25) is 0 Å². The van der Waals surface area contributed by atoms with Gasteiger partial charge in [-0.3, -0.25) is 4.31 Å². The summed E-state index contributed by atoms with van der Waals surface area (Å²) in [6, 6.07) is 14.5. The third-order valence-electron chi connectivity index (χ3n) is 6.61. The van der Waals surface area contributed by atoms with E-state index in [2.05, 4.69) is 6.07 Å². The number of carbonyl (C=O) groups excluding carboxylic acids is 1. The second-order valence-corrected chi connectivity index (χ2v) is 12.8. The zero-order valence-corrected chi connectivity index (χ0v) is 23.2. The number of rotatable bonds is 6. The second kappa shape index (κ2) is 11.1. The summed E-state index contributed by atoms with van der Waals surface area (Å²) >= 11 is 0. The van der Waals surface area contributed by atoms with E-state index in [-0.39, 0.29) is 24.0 Å². The number of amides is 1. The van der Waals surface area contributed by atoms with Crippen molar-refractivity contribution in [2.45, 2.75) is 64.7 Å². The van der Waals surface area contributed by atoms with E-state index >= 15 is 0 Å². The fourth-order valence-corrected chi connectivity index (χ4v) is 6.06. The molecule has 0 bridgehead atoms. The van der Waals surface area contributed by atoms with Crippen molar-refractivity contribution in [3.8, 4) is 11.8 Å². The number of carbonyl (C=O) groups is 1. The van der Waals surface area contributed by atoms with Crippen molar-refractivity contribution in [1.29, 1.82) is 5.26 Å². The Morgan fingerprint density at radius 1 is 1.16 bits per heavy atom. The third kappa shape index (κ3) is 6.48. The Morgan fingerprint density at radius 3 is 2.55 bits per heavy atom. The number of nitrogens with zero attached hydrogens (tertiary/aromatic N) is 3. The summed E-state index contributed by atoms with van der Waals surface area (Å²) in [5.74, 6) is 0.689. The molecule has 2 aliphatic heterocycles. The molecule has 1 unspecified atom stereocenters. The van der Waals surface area contributed by atoms with Crippen molar-refractivity contribution in [2.75, 3.05) is 23.1 Å². The lowest BCUT2D eigenvalue weighted by atomic mass is 10.1. The number of anilines is 1. The Balaban J connectivity index is 1.46. The molecule has 1 amide bonds. The van der Waals surface area contributed by atoms with Gasteiger partial charge in [0.25, 0.3) is 0 Å². The average Bonchev–Trinajstić information content (AvgIpc) is 3.25.